The van der Waals surface area contributed by atoms with Gasteiger partial charge in [-0.05, 0) is 18.6 Å². The Hall–Kier alpha value is -1.25. The fourth-order valence-corrected chi connectivity index (χ4v) is 1.57. The lowest BCUT2D eigenvalue weighted by Gasteiger charge is -2.09. The highest BCUT2D eigenvalue weighted by molar-refractivity contribution is 5.75. The number of aromatic amines is 1. The molecule has 0 fully saturated rings. The van der Waals surface area contributed by atoms with Crippen molar-refractivity contribution in [3.05, 3.63) is 24.0 Å². The molecule has 0 aliphatic rings. The van der Waals surface area contributed by atoms with Gasteiger partial charge in [-0.25, -0.2) is 0 Å². The summed E-state index contributed by atoms with van der Waals surface area (Å²) in [5, 5.41) is 9.02. The number of carboxylic acids is 1. The molecule has 0 bridgehead atoms. The summed E-state index contributed by atoms with van der Waals surface area (Å²) in [6, 6.07) is 3.68. The Morgan fingerprint density at radius 3 is 2.86 bits per heavy atom. The molecule has 0 saturated carbocycles. The number of unbranched alkanes of at least 4 members (excludes halogenated alkanes) is 2. The summed E-state index contributed by atoms with van der Waals surface area (Å²) < 4.78 is 0. The summed E-state index contributed by atoms with van der Waals surface area (Å²) in [7, 11) is 0. The van der Waals surface area contributed by atoms with E-state index in [2.05, 4.69) is 11.9 Å². The third-order valence-corrected chi connectivity index (χ3v) is 2.39. The first kappa shape index (κ1) is 10.8. The smallest absolute Gasteiger partial charge is 0.312 e. The zero-order chi connectivity index (χ0) is 10.4. The minimum atomic E-state index is -0.733. The maximum Gasteiger partial charge on any atom is 0.312 e. The standard InChI is InChI=1S/C11H17NO2/c1-2-3-4-6-9(11(13)14)10-7-5-8-12-10/h5,7-9,12H,2-4,6H2,1H3,(H,13,14). The molecule has 1 atom stereocenters. The number of aromatic nitrogens is 1. The van der Waals surface area contributed by atoms with Crippen molar-refractivity contribution < 1.29 is 9.90 Å². The lowest BCUT2D eigenvalue weighted by molar-refractivity contribution is -0.139. The van der Waals surface area contributed by atoms with Crippen LogP contribution in [-0.4, -0.2) is 16.1 Å². The Labute approximate surface area is 84.2 Å². The third-order valence-electron chi connectivity index (χ3n) is 2.39. The first-order valence-corrected chi connectivity index (χ1v) is 5.11. The molecule has 0 radical (unpaired) electrons. The van der Waals surface area contributed by atoms with Crippen LogP contribution in [0.1, 0.15) is 44.2 Å². The number of carbonyl (C=O) groups is 1. The maximum atomic E-state index is 11.0. The number of nitrogens with one attached hydrogen (secondary N) is 1. The quantitative estimate of drug-likeness (QED) is 0.686. The second-order valence-corrected chi connectivity index (χ2v) is 3.51. The molecule has 1 aromatic heterocycles. The Morgan fingerprint density at radius 1 is 1.57 bits per heavy atom. The summed E-state index contributed by atoms with van der Waals surface area (Å²) in [4.78, 5) is 13.9. The van der Waals surface area contributed by atoms with Crippen molar-refractivity contribution >= 4 is 5.97 Å². The van der Waals surface area contributed by atoms with Gasteiger partial charge in [0.05, 0.1) is 5.92 Å². The second-order valence-electron chi connectivity index (χ2n) is 3.51. The lowest BCUT2D eigenvalue weighted by atomic mass is 9.98. The van der Waals surface area contributed by atoms with Gasteiger partial charge in [-0.3, -0.25) is 4.79 Å². The average Bonchev–Trinajstić information content (AvgIpc) is 2.64. The van der Waals surface area contributed by atoms with Crippen molar-refractivity contribution in [1.29, 1.82) is 0 Å². The van der Waals surface area contributed by atoms with Gasteiger partial charge in [0, 0.05) is 11.9 Å². The molecule has 0 spiro atoms. The van der Waals surface area contributed by atoms with Gasteiger partial charge in [0.1, 0.15) is 0 Å². The van der Waals surface area contributed by atoms with Crippen molar-refractivity contribution in [3.63, 3.8) is 0 Å². The SMILES string of the molecule is CCCCCC(C(=O)O)c1ccc[nH]1. The van der Waals surface area contributed by atoms with Gasteiger partial charge < -0.3 is 10.1 Å². The number of carboxylic acid groups (broad SMARTS) is 1. The number of aliphatic carboxylic acids is 1. The molecule has 3 nitrogen and oxygen atoms in total. The van der Waals surface area contributed by atoms with Gasteiger partial charge in [0.25, 0.3) is 0 Å². The van der Waals surface area contributed by atoms with E-state index < -0.39 is 5.97 Å². The van der Waals surface area contributed by atoms with Crippen LogP contribution in [0.4, 0.5) is 0 Å². The van der Waals surface area contributed by atoms with Crippen molar-refractivity contribution in [2.24, 2.45) is 0 Å². The largest absolute Gasteiger partial charge is 0.481 e. The van der Waals surface area contributed by atoms with E-state index in [4.69, 9.17) is 5.11 Å². The highest BCUT2D eigenvalue weighted by atomic mass is 16.4. The van der Waals surface area contributed by atoms with Gasteiger partial charge in [-0.15, -0.1) is 0 Å². The first-order chi connectivity index (χ1) is 6.75. The number of hydrogen-bond acceptors (Lipinski definition) is 1. The molecule has 1 unspecified atom stereocenters. The van der Waals surface area contributed by atoms with Crippen LogP contribution in [0.2, 0.25) is 0 Å². The molecule has 1 aromatic rings. The predicted molar refractivity (Wildman–Crippen MR) is 55.3 cm³/mol. The van der Waals surface area contributed by atoms with Crippen LogP contribution in [0, 0.1) is 0 Å². The molecule has 3 heteroatoms. The molecule has 1 rings (SSSR count). The monoisotopic (exact) mass is 195 g/mol. The van der Waals surface area contributed by atoms with Gasteiger partial charge >= 0.3 is 5.97 Å². The van der Waals surface area contributed by atoms with Crippen molar-refractivity contribution in [2.75, 3.05) is 0 Å². The topological polar surface area (TPSA) is 53.1 Å². The summed E-state index contributed by atoms with van der Waals surface area (Å²) in [5.41, 5.74) is 0.814. The Bertz CT molecular complexity index is 267. The zero-order valence-electron chi connectivity index (χ0n) is 8.49. The fraction of sp³-hybridized carbons (Fsp3) is 0.545. The van der Waals surface area contributed by atoms with Crippen molar-refractivity contribution in [1.82, 2.24) is 4.98 Å². The van der Waals surface area contributed by atoms with E-state index in [1.165, 1.54) is 0 Å². The van der Waals surface area contributed by atoms with Crippen LogP contribution in [0.5, 0.6) is 0 Å². The first-order valence-electron chi connectivity index (χ1n) is 5.11. The minimum Gasteiger partial charge on any atom is -0.481 e. The van der Waals surface area contributed by atoms with Crippen molar-refractivity contribution in [3.8, 4) is 0 Å². The second kappa shape index (κ2) is 5.47. The molecule has 0 aliphatic carbocycles. The van der Waals surface area contributed by atoms with E-state index in [9.17, 15) is 4.79 Å². The number of hydrogen-bond donors (Lipinski definition) is 2. The van der Waals surface area contributed by atoms with Crippen molar-refractivity contribution in [2.45, 2.75) is 38.5 Å². The number of H-pyrrole nitrogens is 1. The van der Waals surface area contributed by atoms with Crippen LogP contribution in [-0.2, 0) is 4.79 Å². The molecule has 2 N–H and O–H groups in total. The Balaban J connectivity index is 2.52. The van der Waals surface area contributed by atoms with E-state index in [0.29, 0.717) is 0 Å². The average molecular weight is 195 g/mol. The normalized spacial score (nSPS) is 12.6. The number of rotatable bonds is 6. The molecular weight excluding hydrogens is 178 g/mol. The van der Waals surface area contributed by atoms with E-state index >= 15 is 0 Å². The van der Waals surface area contributed by atoms with Crippen LogP contribution in [0.3, 0.4) is 0 Å². The van der Waals surface area contributed by atoms with Crippen LogP contribution < -0.4 is 0 Å². The molecule has 0 saturated heterocycles. The molecule has 14 heavy (non-hydrogen) atoms. The van der Waals surface area contributed by atoms with Gasteiger partial charge in [0.2, 0.25) is 0 Å². The third kappa shape index (κ3) is 2.91. The van der Waals surface area contributed by atoms with Gasteiger partial charge in [-0.1, -0.05) is 26.2 Å². The fourth-order valence-electron chi connectivity index (χ4n) is 1.57. The highest BCUT2D eigenvalue weighted by Gasteiger charge is 2.19. The summed E-state index contributed by atoms with van der Waals surface area (Å²) in [6.07, 6.45) is 5.70. The van der Waals surface area contributed by atoms with E-state index in [-0.39, 0.29) is 5.92 Å². The molecule has 78 valence electrons. The minimum absolute atomic E-state index is 0.364. The molecule has 1 heterocycles. The Morgan fingerprint density at radius 2 is 2.36 bits per heavy atom. The molecular formula is C11H17NO2. The summed E-state index contributed by atoms with van der Waals surface area (Å²) in [5.74, 6) is -1.10. The molecule has 0 aliphatic heterocycles. The van der Waals surface area contributed by atoms with Crippen LogP contribution >= 0.6 is 0 Å². The molecule has 0 amide bonds. The van der Waals surface area contributed by atoms with E-state index in [0.717, 1.165) is 31.4 Å². The lowest BCUT2D eigenvalue weighted by Crippen LogP contribution is -2.11. The van der Waals surface area contributed by atoms with Crippen LogP contribution in [0.15, 0.2) is 18.3 Å². The van der Waals surface area contributed by atoms with E-state index in [1.807, 2.05) is 12.1 Å². The van der Waals surface area contributed by atoms with Crippen LogP contribution in [0.25, 0.3) is 0 Å². The van der Waals surface area contributed by atoms with E-state index in [1.54, 1.807) is 6.20 Å². The van der Waals surface area contributed by atoms with Gasteiger partial charge in [-0.2, -0.15) is 0 Å². The summed E-state index contributed by atoms with van der Waals surface area (Å²) in [6.45, 7) is 2.12. The Kier molecular flexibility index (Phi) is 4.23. The highest BCUT2D eigenvalue weighted by Crippen LogP contribution is 2.21. The zero-order valence-corrected chi connectivity index (χ0v) is 8.49. The maximum absolute atomic E-state index is 11.0. The van der Waals surface area contributed by atoms with Gasteiger partial charge in [0.15, 0.2) is 0 Å². The predicted octanol–water partition coefficient (Wildman–Crippen LogP) is 2.76. The molecule has 0 aromatic carbocycles. The summed E-state index contributed by atoms with van der Waals surface area (Å²) >= 11 is 0.